The van der Waals surface area contributed by atoms with Crippen molar-refractivity contribution in [2.75, 3.05) is 12.0 Å². The number of aryl methyl sites for hydroxylation is 1. The van der Waals surface area contributed by atoms with Crippen LogP contribution in [-0.2, 0) is 0 Å². The first-order chi connectivity index (χ1) is 20.3. The topological polar surface area (TPSA) is 51.6 Å². The highest BCUT2D eigenvalue weighted by Crippen LogP contribution is 2.44. The molecular weight excluding hydrogens is 587 g/mol. The number of benzene rings is 3. The molecule has 3 heterocycles. The Hall–Kier alpha value is -4.04. The number of ether oxygens (including phenoxy) is 2. The van der Waals surface area contributed by atoms with E-state index in [0.717, 1.165) is 51.3 Å². The number of aromatic nitrogens is 2. The van der Waals surface area contributed by atoms with Crippen LogP contribution in [-0.4, -0.2) is 21.8 Å². The van der Waals surface area contributed by atoms with Gasteiger partial charge in [-0.1, -0.05) is 29.3 Å². The Morgan fingerprint density at radius 1 is 0.857 bits per heavy atom. The largest absolute Gasteiger partial charge is 0.497 e. The summed E-state index contributed by atoms with van der Waals surface area (Å²) in [5.41, 5.74) is 5.93. The molecule has 1 aliphatic heterocycles. The third kappa shape index (κ3) is 5.31. The van der Waals surface area contributed by atoms with Crippen LogP contribution in [0.5, 0.6) is 17.2 Å². The number of nitrogens with zero attached hydrogens (tertiary/aromatic N) is 3. The van der Waals surface area contributed by atoms with E-state index in [1.54, 1.807) is 13.2 Å². The lowest BCUT2D eigenvalue weighted by atomic mass is 9.96. The summed E-state index contributed by atoms with van der Waals surface area (Å²) in [6.45, 7) is 4.18. The molecule has 1 aliphatic rings. The minimum Gasteiger partial charge on any atom is -0.497 e. The molecule has 6 rings (SSSR count). The minimum absolute atomic E-state index is 0.174. The van der Waals surface area contributed by atoms with Crippen LogP contribution in [0, 0.1) is 13.8 Å². The molecule has 2 atom stereocenters. The molecule has 0 spiro atoms. The van der Waals surface area contributed by atoms with Gasteiger partial charge in [0.05, 0.1) is 35.6 Å². The van der Waals surface area contributed by atoms with Crippen LogP contribution in [0.3, 0.4) is 0 Å². The zero-order chi connectivity index (χ0) is 29.4. The first-order valence-corrected chi connectivity index (χ1v) is 14.6. The molecule has 2 unspecified atom stereocenters. The fraction of sp³-hybridized carbons (Fsp3) is 0.152. The van der Waals surface area contributed by atoms with Gasteiger partial charge in [-0.2, -0.15) is 0 Å². The van der Waals surface area contributed by atoms with E-state index in [1.807, 2.05) is 85.1 Å². The predicted molar refractivity (Wildman–Crippen MR) is 173 cm³/mol. The molecule has 1 fully saturated rings. The Morgan fingerprint density at radius 2 is 1.55 bits per heavy atom. The van der Waals surface area contributed by atoms with E-state index in [1.165, 1.54) is 0 Å². The summed E-state index contributed by atoms with van der Waals surface area (Å²) in [5.74, 6) is 2.22. The molecule has 42 heavy (non-hydrogen) atoms. The monoisotopic (exact) mass is 614 g/mol. The normalized spacial score (nSPS) is 16.4. The van der Waals surface area contributed by atoms with Crippen LogP contribution >= 0.6 is 35.4 Å². The molecule has 5 aromatic rings. The van der Waals surface area contributed by atoms with E-state index in [9.17, 15) is 0 Å². The summed E-state index contributed by atoms with van der Waals surface area (Å²) in [4.78, 5) is 6.85. The molecule has 1 N–H and O–H groups in total. The molecule has 212 valence electrons. The molecule has 1 saturated heterocycles. The van der Waals surface area contributed by atoms with Crippen molar-refractivity contribution in [3.63, 3.8) is 0 Å². The molecular formula is C33H28Cl2N4O2S. The first kappa shape index (κ1) is 28.1. The van der Waals surface area contributed by atoms with Gasteiger partial charge >= 0.3 is 0 Å². The number of pyridine rings is 1. The highest BCUT2D eigenvalue weighted by Gasteiger charge is 2.42. The quantitative estimate of drug-likeness (QED) is 0.185. The molecule has 0 radical (unpaired) electrons. The average molecular weight is 616 g/mol. The van der Waals surface area contributed by atoms with Gasteiger partial charge in [0.2, 0.25) is 0 Å². The number of halogens is 2. The van der Waals surface area contributed by atoms with Crippen LogP contribution in [0.25, 0.3) is 5.69 Å². The highest BCUT2D eigenvalue weighted by atomic mass is 35.5. The number of anilines is 1. The Morgan fingerprint density at radius 3 is 2.19 bits per heavy atom. The van der Waals surface area contributed by atoms with Crippen molar-refractivity contribution < 1.29 is 9.47 Å². The highest BCUT2D eigenvalue weighted by molar-refractivity contribution is 7.80. The number of hydrogen-bond acceptors (Lipinski definition) is 4. The zero-order valence-corrected chi connectivity index (χ0v) is 25.5. The summed E-state index contributed by atoms with van der Waals surface area (Å²) in [6, 6.07) is 28.8. The van der Waals surface area contributed by atoms with Gasteiger partial charge in [0.1, 0.15) is 17.2 Å². The Labute approximate surface area is 260 Å². The second-order valence-corrected chi connectivity index (χ2v) is 11.3. The van der Waals surface area contributed by atoms with Crippen LogP contribution in [0.4, 0.5) is 5.69 Å². The number of nitrogens with one attached hydrogen (secondary N) is 1. The van der Waals surface area contributed by atoms with Crippen molar-refractivity contribution >= 4 is 46.2 Å². The third-order valence-electron chi connectivity index (χ3n) is 7.45. The van der Waals surface area contributed by atoms with Crippen molar-refractivity contribution in [3.8, 4) is 22.9 Å². The van der Waals surface area contributed by atoms with E-state index in [4.69, 9.17) is 49.9 Å². The summed E-state index contributed by atoms with van der Waals surface area (Å²) in [6.07, 6.45) is 1.81. The first-order valence-electron chi connectivity index (χ1n) is 13.4. The number of rotatable bonds is 7. The smallest absolute Gasteiger partial charge is 0.174 e. The minimum atomic E-state index is -0.177. The second kappa shape index (κ2) is 11.7. The van der Waals surface area contributed by atoms with Gasteiger partial charge in [-0.25, -0.2) is 0 Å². The molecule has 0 bridgehead atoms. The van der Waals surface area contributed by atoms with E-state index < -0.39 is 0 Å². The van der Waals surface area contributed by atoms with Gasteiger partial charge in [-0.15, -0.1) is 0 Å². The Bertz CT molecular complexity index is 1740. The van der Waals surface area contributed by atoms with E-state index in [2.05, 4.69) is 34.7 Å². The van der Waals surface area contributed by atoms with Crippen molar-refractivity contribution in [1.29, 1.82) is 0 Å². The number of thiocarbonyl (C=S) groups is 1. The van der Waals surface area contributed by atoms with Crippen molar-refractivity contribution in [2.45, 2.75) is 25.9 Å². The van der Waals surface area contributed by atoms with Gasteiger partial charge in [0, 0.05) is 28.3 Å². The van der Waals surface area contributed by atoms with E-state index in [-0.39, 0.29) is 12.1 Å². The maximum absolute atomic E-state index is 6.66. The lowest BCUT2D eigenvalue weighted by Gasteiger charge is -2.28. The van der Waals surface area contributed by atoms with Gasteiger partial charge < -0.3 is 24.3 Å². The van der Waals surface area contributed by atoms with Crippen LogP contribution in [0.15, 0.2) is 97.2 Å². The number of hydrogen-bond donors (Lipinski definition) is 1. The maximum Gasteiger partial charge on any atom is 0.174 e. The summed E-state index contributed by atoms with van der Waals surface area (Å²) in [5, 5.41) is 5.35. The maximum atomic E-state index is 6.66. The van der Waals surface area contributed by atoms with Crippen LogP contribution < -0.4 is 19.7 Å². The van der Waals surface area contributed by atoms with E-state index >= 15 is 0 Å². The van der Waals surface area contributed by atoms with Gasteiger partial charge in [0.25, 0.3) is 0 Å². The lowest BCUT2D eigenvalue weighted by molar-refractivity contribution is 0.413. The van der Waals surface area contributed by atoms with Crippen LogP contribution in [0.2, 0.25) is 10.0 Å². The Kier molecular flexibility index (Phi) is 7.82. The summed E-state index contributed by atoms with van der Waals surface area (Å²) >= 11 is 18.8. The third-order valence-corrected chi connectivity index (χ3v) is 8.30. The van der Waals surface area contributed by atoms with Gasteiger partial charge in [-0.3, -0.25) is 4.98 Å². The summed E-state index contributed by atoms with van der Waals surface area (Å²) < 4.78 is 13.5. The molecule has 0 saturated carbocycles. The molecule has 6 nitrogen and oxygen atoms in total. The average Bonchev–Trinajstić information content (AvgIpc) is 3.49. The van der Waals surface area contributed by atoms with Crippen molar-refractivity contribution in [3.05, 3.63) is 130 Å². The van der Waals surface area contributed by atoms with Crippen molar-refractivity contribution in [1.82, 2.24) is 14.9 Å². The fourth-order valence-corrected chi connectivity index (χ4v) is 6.36. The molecule has 0 amide bonds. The SMILES string of the molecule is COc1ccc(Oc2ccc(N3C(=S)NC(c4ccccn4)C3c3cc(C)n(-c4ccc(Cl)cc4Cl)c3C)cc2)cc1. The summed E-state index contributed by atoms with van der Waals surface area (Å²) in [7, 11) is 1.64. The number of methoxy groups -OCH3 is 1. The lowest BCUT2D eigenvalue weighted by Crippen LogP contribution is -2.29. The fourth-order valence-electron chi connectivity index (χ4n) is 5.52. The second-order valence-electron chi connectivity index (χ2n) is 10.0. The van der Waals surface area contributed by atoms with Gasteiger partial charge in [-0.05, 0) is 117 Å². The molecule has 0 aliphatic carbocycles. The molecule has 2 aromatic heterocycles. The van der Waals surface area contributed by atoms with Crippen LogP contribution in [0.1, 0.15) is 34.7 Å². The zero-order valence-electron chi connectivity index (χ0n) is 23.2. The predicted octanol–water partition coefficient (Wildman–Crippen LogP) is 8.77. The van der Waals surface area contributed by atoms with Crippen molar-refractivity contribution in [2.24, 2.45) is 0 Å². The Balaban J connectivity index is 1.39. The van der Waals surface area contributed by atoms with Gasteiger partial charge in [0.15, 0.2) is 5.11 Å². The van der Waals surface area contributed by atoms with E-state index in [0.29, 0.717) is 15.2 Å². The standard InChI is InChI=1S/C33H28Cl2N4O2S/c1-20-18-27(21(2)38(20)30-16-7-22(34)19-28(30)35)32-31(29-6-4-5-17-36-29)37-33(42)39(32)23-8-10-25(11-9-23)41-26-14-12-24(40-3)13-15-26/h4-19,31-32H,1-3H3,(H,37,42). The molecule has 9 heteroatoms. The molecule has 3 aromatic carbocycles.